The van der Waals surface area contributed by atoms with Crippen molar-refractivity contribution in [1.82, 2.24) is 5.32 Å². The van der Waals surface area contributed by atoms with E-state index in [9.17, 15) is 14.4 Å². The highest BCUT2D eigenvalue weighted by Crippen LogP contribution is 2.14. The summed E-state index contributed by atoms with van der Waals surface area (Å²) >= 11 is 0. The molecular weight excluding hydrogens is 330 g/mol. The van der Waals surface area contributed by atoms with E-state index in [1.807, 2.05) is 19.9 Å². The molecule has 0 fully saturated rings. The SMILES string of the molecule is CC[C@H](C)[C@@H](NC(=O)c1ccccc1)C(=O)Nc1ccc(C(N)=O)cc1. The summed E-state index contributed by atoms with van der Waals surface area (Å²) in [6.45, 7) is 3.87. The van der Waals surface area contributed by atoms with Gasteiger partial charge in [0.1, 0.15) is 6.04 Å². The summed E-state index contributed by atoms with van der Waals surface area (Å²) in [6.07, 6.45) is 0.730. The Labute approximate surface area is 152 Å². The third-order valence-corrected chi connectivity index (χ3v) is 4.25. The van der Waals surface area contributed by atoms with Gasteiger partial charge in [0, 0.05) is 16.8 Å². The molecule has 0 unspecified atom stereocenters. The van der Waals surface area contributed by atoms with E-state index in [0.717, 1.165) is 6.42 Å². The highest BCUT2D eigenvalue weighted by Gasteiger charge is 2.26. The van der Waals surface area contributed by atoms with E-state index in [2.05, 4.69) is 10.6 Å². The number of benzene rings is 2. The molecule has 2 atom stereocenters. The van der Waals surface area contributed by atoms with Crippen molar-refractivity contribution in [2.75, 3.05) is 5.32 Å². The Morgan fingerprint density at radius 2 is 1.58 bits per heavy atom. The number of carbonyl (C=O) groups excluding carboxylic acids is 3. The first-order valence-electron chi connectivity index (χ1n) is 8.49. The topological polar surface area (TPSA) is 101 Å². The second kappa shape index (κ2) is 8.80. The van der Waals surface area contributed by atoms with Crippen molar-refractivity contribution >= 4 is 23.4 Å². The first-order valence-corrected chi connectivity index (χ1v) is 8.49. The van der Waals surface area contributed by atoms with E-state index >= 15 is 0 Å². The molecule has 3 amide bonds. The van der Waals surface area contributed by atoms with Crippen LogP contribution < -0.4 is 16.4 Å². The average molecular weight is 353 g/mol. The fraction of sp³-hybridized carbons (Fsp3) is 0.250. The number of hydrogen-bond acceptors (Lipinski definition) is 3. The largest absolute Gasteiger partial charge is 0.366 e. The van der Waals surface area contributed by atoms with E-state index in [-0.39, 0.29) is 17.7 Å². The van der Waals surface area contributed by atoms with Crippen LogP contribution in [0, 0.1) is 5.92 Å². The Balaban J connectivity index is 2.11. The van der Waals surface area contributed by atoms with Gasteiger partial charge in [-0.15, -0.1) is 0 Å². The van der Waals surface area contributed by atoms with E-state index in [4.69, 9.17) is 5.73 Å². The van der Waals surface area contributed by atoms with Crippen molar-refractivity contribution in [3.05, 3.63) is 65.7 Å². The molecule has 0 aliphatic carbocycles. The Hall–Kier alpha value is -3.15. The second-order valence-corrected chi connectivity index (χ2v) is 6.13. The maximum Gasteiger partial charge on any atom is 0.251 e. The zero-order chi connectivity index (χ0) is 19.1. The van der Waals surface area contributed by atoms with Crippen molar-refractivity contribution in [3.63, 3.8) is 0 Å². The molecule has 0 spiro atoms. The first-order chi connectivity index (χ1) is 12.4. The molecule has 4 N–H and O–H groups in total. The molecule has 0 aromatic heterocycles. The number of nitrogens with two attached hydrogens (primary N) is 1. The lowest BCUT2D eigenvalue weighted by molar-refractivity contribution is -0.119. The van der Waals surface area contributed by atoms with Crippen LogP contribution in [0.3, 0.4) is 0 Å². The van der Waals surface area contributed by atoms with Crippen LogP contribution >= 0.6 is 0 Å². The molecule has 2 rings (SSSR count). The van der Waals surface area contributed by atoms with Crippen molar-refractivity contribution in [3.8, 4) is 0 Å². The first kappa shape index (κ1) is 19.2. The molecule has 2 aromatic rings. The third kappa shape index (κ3) is 4.92. The van der Waals surface area contributed by atoms with E-state index < -0.39 is 11.9 Å². The zero-order valence-corrected chi connectivity index (χ0v) is 14.9. The van der Waals surface area contributed by atoms with Gasteiger partial charge >= 0.3 is 0 Å². The van der Waals surface area contributed by atoms with Crippen LogP contribution in [0.15, 0.2) is 54.6 Å². The van der Waals surface area contributed by atoms with Gasteiger partial charge in [-0.3, -0.25) is 14.4 Å². The Kier molecular flexibility index (Phi) is 6.49. The number of amides is 3. The fourth-order valence-corrected chi connectivity index (χ4v) is 2.45. The summed E-state index contributed by atoms with van der Waals surface area (Å²) in [5, 5.41) is 5.58. The van der Waals surface area contributed by atoms with Crippen LogP contribution in [0.2, 0.25) is 0 Å². The third-order valence-electron chi connectivity index (χ3n) is 4.25. The molecule has 0 heterocycles. The van der Waals surface area contributed by atoms with Crippen LogP contribution in [0.4, 0.5) is 5.69 Å². The number of rotatable bonds is 7. The molecule has 0 radical (unpaired) electrons. The van der Waals surface area contributed by atoms with Crippen LogP contribution in [0.5, 0.6) is 0 Å². The fourth-order valence-electron chi connectivity index (χ4n) is 2.45. The normalized spacial score (nSPS) is 12.7. The number of anilines is 1. The van der Waals surface area contributed by atoms with Gasteiger partial charge < -0.3 is 16.4 Å². The predicted molar refractivity (Wildman–Crippen MR) is 101 cm³/mol. The second-order valence-electron chi connectivity index (χ2n) is 6.13. The van der Waals surface area contributed by atoms with E-state index in [0.29, 0.717) is 16.8 Å². The van der Waals surface area contributed by atoms with Gasteiger partial charge in [-0.2, -0.15) is 0 Å². The molecule has 6 nitrogen and oxygen atoms in total. The summed E-state index contributed by atoms with van der Waals surface area (Å²) < 4.78 is 0. The highest BCUT2D eigenvalue weighted by atomic mass is 16.2. The number of nitrogens with one attached hydrogen (secondary N) is 2. The van der Waals surface area contributed by atoms with Gasteiger partial charge in [-0.05, 0) is 42.3 Å². The lowest BCUT2D eigenvalue weighted by Gasteiger charge is -2.23. The van der Waals surface area contributed by atoms with E-state index in [1.165, 1.54) is 0 Å². The van der Waals surface area contributed by atoms with Crippen molar-refractivity contribution in [1.29, 1.82) is 0 Å². The maximum absolute atomic E-state index is 12.7. The number of carbonyl (C=O) groups is 3. The molecule has 0 aliphatic rings. The Morgan fingerprint density at radius 1 is 0.962 bits per heavy atom. The summed E-state index contributed by atoms with van der Waals surface area (Å²) in [5.74, 6) is -1.19. The molecule has 0 saturated carbocycles. The lowest BCUT2D eigenvalue weighted by Crippen LogP contribution is -2.47. The highest BCUT2D eigenvalue weighted by molar-refractivity contribution is 6.01. The van der Waals surface area contributed by atoms with Crippen LogP contribution in [0.1, 0.15) is 41.0 Å². The minimum Gasteiger partial charge on any atom is -0.366 e. The molecule has 136 valence electrons. The van der Waals surface area contributed by atoms with Crippen molar-refractivity contribution in [2.45, 2.75) is 26.3 Å². The summed E-state index contributed by atoms with van der Waals surface area (Å²) in [6, 6.07) is 14.4. The maximum atomic E-state index is 12.7. The molecule has 26 heavy (non-hydrogen) atoms. The van der Waals surface area contributed by atoms with Crippen molar-refractivity contribution < 1.29 is 14.4 Å². The van der Waals surface area contributed by atoms with Gasteiger partial charge in [0.05, 0.1) is 0 Å². The van der Waals surface area contributed by atoms with Gasteiger partial charge in [0.25, 0.3) is 5.91 Å². The van der Waals surface area contributed by atoms with Gasteiger partial charge in [0.15, 0.2) is 0 Å². The monoisotopic (exact) mass is 353 g/mol. The average Bonchev–Trinajstić information content (AvgIpc) is 2.66. The number of primary amides is 1. The van der Waals surface area contributed by atoms with Crippen LogP contribution in [-0.4, -0.2) is 23.8 Å². The summed E-state index contributed by atoms with van der Waals surface area (Å²) in [7, 11) is 0. The van der Waals surface area contributed by atoms with Gasteiger partial charge in [-0.25, -0.2) is 0 Å². The van der Waals surface area contributed by atoms with Gasteiger partial charge in [-0.1, -0.05) is 38.5 Å². The number of hydrogen-bond donors (Lipinski definition) is 3. The van der Waals surface area contributed by atoms with Crippen molar-refractivity contribution in [2.24, 2.45) is 11.7 Å². The van der Waals surface area contributed by atoms with Crippen LogP contribution in [-0.2, 0) is 4.79 Å². The minimum atomic E-state index is -0.677. The molecule has 2 aromatic carbocycles. The summed E-state index contributed by atoms with van der Waals surface area (Å²) in [5.41, 5.74) is 6.60. The molecule has 0 aliphatic heterocycles. The standard InChI is InChI=1S/C20H23N3O3/c1-3-13(2)17(23-19(25)15-7-5-4-6-8-15)20(26)22-16-11-9-14(10-12-16)18(21)24/h4-13,17H,3H2,1-2H3,(H2,21,24)(H,22,26)(H,23,25)/t13-,17+/m0/s1. The molecule has 0 saturated heterocycles. The zero-order valence-electron chi connectivity index (χ0n) is 14.9. The van der Waals surface area contributed by atoms with E-state index in [1.54, 1.807) is 48.5 Å². The smallest absolute Gasteiger partial charge is 0.251 e. The lowest BCUT2D eigenvalue weighted by atomic mass is 9.97. The Bertz CT molecular complexity index is 773. The minimum absolute atomic E-state index is 0.0486. The summed E-state index contributed by atoms with van der Waals surface area (Å²) in [4.78, 5) is 36.2. The van der Waals surface area contributed by atoms with Crippen LogP contribution in [0.25, 0.3) is 0 Å². The molecule has 6 heteroatoms. The quantitative estimate of drug-likeness (QED) is 0.713. The molecule has 0 bridgehead atoms. The predicted octanol–water partition coefficient (Wildman–Crippen LogP) is 2.57. The Morgan fingerprint density at radius 3 is 2.12 bits per heavy atom. The van der Waals surface area contributed by atoms with Gasteiger partial charge in [0.2, 0.25) is 11.8 Å². The molecular formula is C20H23N3O3.